The van der Waals surface area contributed by atoms with Gasteiger partial charge >= 0.3 is 6.18 Å². The molecule has 4 rings (SSSR count). The molecule has 1 N–H and O–H groups in total. The number of nitrogens with one attached hydrogen (secondary N) is 1. The lowest BCUT2D eigenvalue weighted by Crippen LogP contribution is -2.50. The van der Waals surface area contributed by atoms with Crippen molar-refractivity contribution in [1.29, 1.82) is 0 Å². The number of anilines is 1. The Morgan fingerprint density at radius 2 is 1.77 bits per heavy atom. The molecule has 1 aliphatic rings. The fraction of sp³-hybridized carbons (Fsp3) is 0.292. The zero-order valence-electron chi connectivity index (χ0n) is 17.0. The van der Waals surface area contributed by atoms with Gasteiger partial charge in [-0.15, -0.1) is 0 Å². The van der Waals surface area contributed by atoms with Crippen molar-refractivity contribution < 1.29 is 22.7 Å². The van der Waals surface area contributed by atoms with E-state index in [-0.39, 0.29) is 31.2 Å². The van der Waals surface area contributed by atoms with Crippen molar-refractivity contribution in [2.45, 2.75) is 25.2 Å². The first-order chi connectivity index (χ1) is 14.8. The Morgan fingerprint density at radius 1 is 1.06 bits per heavy atom. The lowest BCUT2D eigenvalue weighted by molar-refractivity contribution is -0.137. The van der Waals surface area contributed by atoms with Crippen molar-refractivity contribution in [3.63, 3.8) is 0 Å². The first-order valence-corrected chi connectivity index (χ1v) is 10.1. The molecule has 0 bridgehead atoms. The van der Waals surface area contributed by atoms with Gasteiger partial charge in [-0.1, -0.05) is 42.5 Å². The van der Waals surface area contributed by atoms with Gasteiger partial charge in [-0.3, -0.25) is 4.79 Å². The highest BCUT2D eigenvalue weighted by Crippen LogP contribution is 2.31. The molecule has 0 aromatic heterocycles. The molecule has 0 radical (unpaired) electrons. The van der Waals surface area contributed by atoms with Crippen molar-refractivity contribution in [3.05, 3.63) is 77.9 Å². The molecular formula is C24H23F3N2O2. The van der Waals surface area contributed by atoms with E-state index in [2.05, 4.69) is 36.5 Å². The van der Waals surface area contributed by atoms with Crippen LogP contribution in [-0.2, 0) is 15.7 Å². The molecule has 2 atom stereocenters. The Morgan fingerprint density at radius 3 is 2.52 bits per heavy atom. The fourth-order valence-corrected chi connectivity index (χ4v) is 3.87. The largest absolute Gasteiger partial charge is 0.416 e. The van der Waals surface area contributed by atoms with Gasteiger partial charge in [0, 0.05) is 18.3 Å². The smallest absolute Gasteiger partial charge is 0.365 e. The molecule has 1 aliphatic heterocycles. The minimum Gasteiger partial charge on any atom is -0.365 e. The third kappa shape index (κ3) is 4.73. The van der Waals surface area contributed by atoms with E-state index in [1.54, 1.807) is 0 Å². The van der Waals surface area contributed by atoms with E-state index >= 15 is 0 Å². The second kappa shape index (κ2) is 8.69. The molecule has 3 aromatic rings. The summed E-state index contributed by atoms with van der Waals surface area (Å²) in [6.45, 7) is 2.76. The number of hydrogen-bond acceptors (Lipinski definition) is 3. The van der Waals surface area contributed by atoms with E-state index in [0.717, 1.165) is 12.1 Å². The van der Waals surface area contributed by atoms with Gasteiger partial charge in [0.25, 0.3) is 5.91 Å². The summed E-state index contributed by atoms with van der Waals surface area (Å²) >= 11 is 0. The molecule has 3 aromatic carbocycles. The molecule has 1 saturated heterocycles. The molecule has 0 spiro atoms. The number of morpholine rings is 1. The number of benzene rings is 3. The van der Waals surface area contributed by atoms with Crippen LogP contribution in [0.3, 0.4) is 0 Å². The second-order valence-corrected chi connectivity index (χ2v) is 7.68. The SMILES string of the molecule is CC(NCC1CN(c2ccc(C(F)(F)F)cc2)C(=O)CO1)c1cccc2ccccc12. The Labute approximate surface area is 178 Å². The summed E-state index contributed by atoms with van der Waals surface area (Å²) < 4.78 is 44.1. The summed E-state index contributed by atoms with van der Waals surface area (Å²) in [6, 6.07) is 19.1. The number of fused-ring (bicyclic) bond motifs is 1. The summed E-state index contributed by atoms with van der Waals surface area (Å²) in [7, 11) is 0. The van der Waals surface area contributed by atoms with Crippen LogP contribution in [0.5, 0.6) is 0 Å². The first kappa shape index (κ1) is 21.3. The zero-order valence-corrected chi connectivity index (χ0v) is 17.0. The Hall–Kier alpha value is -2.90. The van der Waals surface area contributed by atoms with Crippen LogP contribution >= 0.6 is 0 Å². The van der Waals surface area contributed by atoms with Crippen molar-refractivity contribution >= 4 is 22.4 Å². The quantitative estimate of drug-likeness (QED) is 0.626. The van der Waals surface area contributed by atoms with E-state index in [4.69, 9.17) is 4.74 Å². The minimum atomic E-state index is -4.41. The lowest BCUT2D eigenvalue weighted by Gasteiger charge is -2.33. The van der Waals surface area contributed by atoms with Crippen molar-refractivity contribution in [2.24, 2.45) is 0 Å². The van der Waals surface area contributed by atoms with Crippen molar-refractivity contribution in [2.75, 3.05) is 24.6 Å². The molecule has 31 heavy (non-hydrogen) atoms. The molecule has 1 fully saturated rings. The topological polar surface area (TPSA) is 41.6 Å². The number of carbonyl (C=O) groups excluding carboxylic acids is 1. The number of nitrogens with zero attached hydrogens (tertiary/aromatic N) is 1. The predicted molar refractivity (Wildman–Crippen MR) is 114 cm³/mol. The number of alkyl halides is 3. The number of amides is 1. The Kier molecular flexibility index (Phi) is 5.98. The fourth-order valence-electron chi connectivity index (χ4n) is 3.87. The number of carbonyl (C=O) groups is 1. The summed E-state index contributed by atoms with van der Waals surface area (Å²) in [4.78, 5) is 13.8. The maximum Gasteiger partial charge on any atom is 0.416 e. The standard InChI is InChI=1S/C24H23F3N2O2/c1-16(21-8-4-6-17-5-2-3-7-22(17)21)28-13-20-14-29(23(30)15-31-20)19-11-9-18(10-12-19)24(25,26)27/h2-12,16,20,28H,13-15H2,1H3. The average Bonchev–Trinajstić information content (AvgIpc) is 2.77. The molecule has 1 heterocycles. The van der Waals surface area contributed by atoms with Crippen LogP contribution < -0.4 is 10.2 Å². The highest BCUT2D eigenvalue weighted by molar-refractivity contribution is 5.95. The van der Waals surface area contributed by atoms with E-state index in [1.807, 2.05) is 18.2 Å². The molecule has 4 nitrogen and oxygen atoms in total. The molecule has 7 heteroatoms. The molecule has 162 valence electrons. The highest BCUT2D eigenvalue weighted by atomic mass is 19.4. The van der Waals surface area contributed by atoms with E-state index < -0.39 is 11.7 Å². The van der Waals surface area contributed by atoms with Gasteiger partial charge < -0.3 is 15.0 Å². The van der Waals surface area contributed by atoms with Crippen LogP contribution in [0.2, 0.25) is 0 Å². The molecule has 0 aliphatic carbocycles. The summed E-state index contributed by atoms with van der Waals surface area (Å²) in [5.41, 5.74) is 0.872. The van der Waals surface area contributed by atoms with Gasteiger partial charge in [-0.2, -0.15) is 13.2 Å². The van der Waals surface area contributed by atoms with Crippen molar-refractivity contribution in [3.8, 4) is 0 Å². The maximum absolute atomic E-state index is 12.8. The van der Waals surface area contributed by atoms with E-state index in [1.165, 1.54) is 33.4 Å². The molecule has 1 amide bonds. The van der Waals surface area contributed by atoms with Gasteiger partial charge in [-0.25, -0.2) is 0 Å². The number of halogens is 3. The van der Waals surface area contributed by atoms with Gasteiger partial charge in [0.1, 0.15) is 6.61 Å². The van der Waals surface area contributed by atoms with Gasteiger partial charge in [0.2, 0.25) is 0 Å². The zero-order chi connectivity index (χ0) is 22.0. The normalized spacial score (nSPS) is 18.4. The molecule has 2 unspecified atom stereocenters. The van der Waals surface area contributed by atoms with Crippen LogP contribution in [0.25, 0.3) is 10.8 Å². The van der Waals surface area contributed by atoms with Crippen LogP contribution in [0.1, 0.15) is 24.1 Å². The third-order valence-electron chi connectivity index (χ3n) is 5.58. The summed E-state index contributed by atoms with van der Waals surface area (Å²) in [5, 5.41) is 5.81. The Bertz CT molecular complexity index is 1060. The lowest BCUT2D eigenvalue weighted by atomic mass is 9.99. The maximum atomic E-state index is 12.8. The highest BCUT2D eigenvalue weighted by Gasteiger charge is 2.32. The van der Waals surface area contributed by atoms with Crippen LogP contribution in [0, 0.1) is 0 Å². The number of rotatable bonds is 5. The first-order valence-electron chi connectivity index (χ1n) is 10.1. The van der Waals surface area contributed by atoms with Gasteiger partial charge in [0.05, 0.1) is 18.2 Å². The molecule has 0 saturated carbocycles. The molecular weight excluding hydrogens is 405 g/mol. The number of ether oxygens (including phenoxy) is 1. The second-order valence-electron chi connectivity index (χ2n) is 7.68. The van der Waals surface area contributed by atoms with Crippen LogP contribution in [0.15, 0.2) is 66.7 Å². The Balaban J connectivity index is 1.42. The van der Waals surface area contributed by atoms with Crippen LogP contribution in [-0.4, -0.2) is 31.7 Å². The third-order valence-corrected chi connectivity index (χ3v) is 5.58. The monoisotopic (exact) mass is 428 g/mol. The summed E-state index contributed by atoms with van der Waals surface area (Å²) in [6.07, 6.45) is -4.67. The minimum absolute atomic E-state index is 0.0619. The average molecular weight is 428 g/mol. The van der Waals surface area contributed by atoms with E-state index in [0.29, 0.717) is 12.2 Å². The predicted octanol–water partition coefficient (Wildman–Crippen LogP) is 4.94. The summed E-state index contributed by atoms with van der Waals surface area (Å²) in [5.74, 6) is -0.266. The van der Waals surface area contributed by atoms with Gasteiger partial charge in [0.15, 0.2) is 0 Å². The van der Waals surface area contributed by atoms with Gasteiger partial charge in [-0.05, 0) is 47.5 Å². The van der Waals surface area contributed by atoms with Crippen LogP contribution in [0.4, 0.5) is 18.9 Å². The van der Waals surface area contributed by atoms with Crippen molar-refractivity contribution in [1.82, 2.24) is 5.32 Å². The van der Waals surface area contributed by atoms with E-state index in [9.17, 15) is 18.0 Å². The number of hydrogen-bond donors (Lipinski definition) is 1.